The summed E-state index contributed by atoms with van der Waals surface area (Å²) in [5, 5.41) is 32.3. The number of aliphatic hydroxyl groups excluding tert-OH is 1. The van der Waals surface area contributed by atoms with Gasteiger partial charge in [-0.3, -0.25) is 0 Å². The lowest BCUT2D eigenvalue weighted by Crippen LogP contribution is -2.46. The van der Waals surface area contributed by atoms with Crippen molar-refractivity contribution in [1.29, 1.82) is 0 Å². The Kier molecular flexibility index (Phi) is 3.09. The molecule has 2 aliphatic carbocycles. The molecule has 0 amide bonds. The molecule has 2 aromatic carbocycles. The molecule has 0 aromatic heterocycles. The summed E-state index contributed by atoms with van der Waals surface area (Å²) in [5.74, 6) is 0.288. The highest BCUT2D eigenvalue weighted by atomic mass is 16.3. The minimum atomic E-state index is -0.849. The Balaban J connectivity index is 1.88. The van der Waals surface area contributed by atoms with Gasteiger partial charge in [-0.05, 0) is 58.9 Å². The average molecular weight is 310 g/mol. The van der Waals surface area contributed by atoms with Crippen LogP contribution in [0.25, 0.3) is 16.3 Å². The quantitative estimate of drug-likeness (QED) is 0.797. The second-order valence-electron chi connectivity index (χ2n) is 7.16. The molecule has 4 rings (SSSR count). The van der Waals surface area contributed by atoms with Crippen LogP contribution in [0, 0.1) is 5.41 Å². The molecule has 2 aromatic rings. The first-order valence-corrected chi connectivity index (χ1v) is 8.27. The zero-order chi connectivity index (χ0) is 16.2. The van der Waals surface area contributed by atoms with Crippen LogP contribution in [0.2, 0.25) is 0 Å². The van der Waals surface area contributed by atoms with Crippen LogP contribution in [-0.2, 0) is 6.42 Å². The van der Waals surface area contributed by atoms with E-state index in [1.807, 2.05) is 12.1 Å². The molecule has 3 N–H and O–H groups in total. The fraction of sp³-hybridized carbons (Fsp3) is 0.400. The number of rotatable bonds is 2. The molecule has 2 aliphatic rings. The van der Waals surface area contributed by atoms with E-state index in [1.165, 1.54) is 22.1 Å². The summed E-state index contributed by atoms with van der Waals surface area (Å²) in [6.45, 7) is 2.14. The second kappa shape index (κ2) is 4.83. The van der Waals surface area contributed by atoms with Gasteiger partial charge in [-0.15, -0.1) is 0 Å². The molecule has 0 spiro atoms. The van der Waals surface area contributed by atoms with Crippen LogP contribution in [0.15, 0.2) is 36.4 Å². The summed E-state index contributed by atoms with van der Waals surface area (Å²) < 4.78 is 0. The van der Waals surface area contributed by atoms with E-state index in [1.54, 1.807) is 12.1 Å². The Morgan fingerprint density at radius 3 is 2.78 bits per heavy atom. The van der Waals surface area contributed by atoms with Gasteiger partial charge in [-0.2, -0.15) is 0 Å². The lowest BCUT2D eigenvalue weighted by molar-refractivity contribution is -0.0555. The van der Waals surface area contributed by atoms with Crippen LogP contribution in [0.5, 0.6) is 5.75 Å². The van der Waals surface area contributed by atoms with E-state index in [-0.39, 0.29) is 17.8 Å². The monoisotopic (exact) mass is 310 g/mol. The van der Waals surface area contributed by atoms with Gasteiger partial charge in [-0.25, -0.2) is 0 Å². The first-order valence-electron chi connectivity index (χ1n) is 8.27. The van der Waals surface area contributed by atoms with Crippen LogP contribution >= 0.6 is 0 Å². The number of fused-ring (bicyclic) bond motifs is 5. The normalized spacial score (nSPS) is 29.3. The lowest BCUT2D eigenvalue weighted by atomic mass is 9.62. The van der Waals surface area contributed by atoms with Crippen molar-refractivity contribution in [3.63, 3.8) is 0 Å². The van der Waals surface area contributed by atoms with E-state index in [0.29, 0.717) is 12.8 Å². The van der Waals surface area contributed by atoms with Crippen molar-refractivity contribution in [2.24, 2.45) is 5.41 Å². The smallest absolute Gasteiger partial charge is 0.116 e. The van der Waals surface area contributed by atoms with E-state index in [4.69, 9.17) is 0 Å². The van der Waals surface area contributed by atoms with Gasteiger partial charge in [-0.1, -0.05) is 31.2 Å². The summed E-state index contributed by atoms with van der Waals surface area (Å²) in [4.78, 5) is 0. The van der Waals surface area contributed by atoms with Crippen LogP contribution in [0.1, 0.15) is 37.3 Å². The highest BCUT2D eigenvalue weighted by Gasteiger charge is 2.53. The number of benzene rings is 2. The summed E-state index contributed by atoms with van der Waals surface area (Å²) in [6.07, 6.45) is 4.95. The molecule has 0 saturated carbocycles. The number of hydrogen-bond donors (Lipinski definition) is 3. The first kappa shape index (κ1) is 14.7. The average Bonchev–Trinajstić information content (AvgIpc) is 2.79. The van der Waals surface area contributed by atoms with Gasteiger partial charge in [0.1, 0.15) is 5.75 Å². The molecule has 0 bridgehead atoms. The second-order valence-corrected chi connectivity index (χ2v) is 7.16. The predicted molar refractivity (Wildman–Crippen MR) is 91.3 cm³/mol. The van der Waals surface area contributed by atoms with E-state index in [0.717, 1.165) is 18.2 Å². The highest BCUT2D eigenvalue weighted by molar-refractivity contribution is 5.93. The lowest BCUT2D eigenvalue weighted by Gasteiger charge is -2.45. The molecule has 120 valence electrons. The van der Waals surface area contributed by atoms with E-state index in [9.17, 15) is 15.3 Å². The molecule has 3 heteroatoms. The predicted octanol–water partition coefficient (Wildman–Crippen LogP) is 3.40. The summed E-state index contributed by atoms with van der Waals surface area (Å²) in [5.41, 5.74) is 2.58. The Morgan fingerprint density at radius 2 is 2.00 bits per heavy atom. The van der Waals surface area contributed by atoms with Crippen molar-refractivity contribution in [3.8, 4) is 5.75 Å². The Hall–Kier alpha value is -1.84. The largest absolute Gasteiger partial charge is 0.508 e. The molecule has 0 radical (unpaired) electrons. The third-order valence-corrected chi connectivity index (χ3v) is 6.07. The van der Waals surface area contributed by atoms with Gasteiger partial charge in [0.25, 0.3) is 0 Å². The van der Waals surface area contributed by atoms with Crippen molar-refractivity contribution in [2.45, 2.75) is 38.2 Å². The molecular formula is C20H22O3. The van der Waals surface area contributed by atoms with E-state index >= 15 is 0 Å². The maximum atomic E-state index is 11.1. The summed E-state index contributed by atoms with van der Waals surface area (Å²) in [6, 6.07) is 9.69. The number of aliphatic hydroxyl groups is 2. The minimum Gasteiger partial charge on any atom is -0.508 e. The number of aryl methyl sites for hydroxylation is 1. The van der Waals surface area contributed by atoms with Crippen molar-refractivity contribution in [1.82, 2.24) is 0 Å². The van der Waals surface area contributed by atoms with Crippen molar-refractivity contribution < 1.29 is 15.3 Å². The van der Waals surface area contributed by atoms with Gasteiger partial charge in [0, 0.05) is 18.4 Å². The molecule has 0 aliphatic heterocycles. The fourth-order valence-corrected chi connectivity index (χ4v) is 4.59. The third kappa shape index (κ3) is 1.90. The van der Waals surface area contributed by atoms with E-state index in [2.05, 4.69) is 19.1 Å². The van der Waals surface area contributed by atoms with Crippen LogP contribution < -0.4 is 0 Å². The van der Waals surface area contributed by atoms with Crippen molar-refractivity contribution >= 4 is 16.3 Å². The molecule has 2 atom stereocenters. The Bertz CT molecular complexity index is 823. The topological polar surface area (TPSA) is 60.7 Å². The molecule has 0 heterocycles. The first-order chi connectivity index (χ1) is 11.0. The van der Waals surface area contributed by atoms with Crippen molar-refractivity contribution in [3.05, 3.63) is 47.5 Å². The number of phenolic OH excluding ortho intramolecular Hbond substituents is 1. The van der Waals surface area contributed by atoms with Crippen molar-refractivity contribution in [2.75, 3.05) is 6.61 Å². The zero-order valence-corrected chi connectivity index (χ0v) is 13.3. The van der Waals surface area contributed by atoms with Gasteiger partial charge in [0.15, 0.2) is 0 Å². The molecular weight excluding hydrogens is 288 g/mol. The van der Waals surface area contributed by atoms with Crippen LogP contribution in [-0.4, -0.2) is 27.5 Å². The number of phenols is 1. The number of aromatic hydroxyl groups is 1. The maximum absolute atomic E-state index is 11.1. The Morgan fingerprint density at radius 1 is 1.17 bits per heavy atom. The molecule has 0 saturated heterocycles. The van der Waals surface area contributed by atoms with Crippen LogP contribution in [0.3, 0.4) is 0 Å². The molecule has 3 nitrogen and oxygen atoms in total. The third-order valence-electron chi connectivity index (χ3n) is 6.07. The molecule has 0 unspecified atom stereocenters. The molecule has 23 heavy (non-hydrogen) atoms. The standard InChI is InChI=1S/C20H22O3/c1-19-8-6-16-15-5-3-14(22)12-13(15)2-4-17(16)18(19)7-9-20(19,23)10-11-21/h2-5,7,12,21-23H,6,8-11H2,1H3/t19-,20-/m0/s1. The van der Waals surface area contributed by atoms with Gasteiger partial charge >= 0.3 is 0 Å². The SMILES string of the molecule is C[C@]12CCc3c(ccc4cc(O)ccc34)C1=CC[C@]2(O)CCO. The fourth-order valence-electron chi connectivity index (χ4n) is 4.59. The maximum Gasteiger partial charge on any atom is 0.116 e. The minimum absolute atomic E-state index is 0.0110. The number of hydrogen-bond acceptors (Lipinski definition) is 3. The van der Waals surface area contributed by atoms with Gasteiger partial charge in [0.2, 0.25) is 0 Å². The summed E-state index contributed by atoms with van der Waals surface area (Å²) in [7, 11) is 0. The van der Waals surface area contributed by atoms with E-state index < -0.39 is 5.60 Å². The summed E-state index contributed by atoms with van der Waals surface area (Å²) >= 11 is 0. The van der Waals surface area contributed by atoms with Gasteiger partial charge in [0.05, 0.1) is 5.60 Å². The Labute approximate surface area is 135 Å². The zero-order valence-electron chi connectivity index (χ0n) is 13.3. The highest BCUT2D eigenvalue weighted by Crippen LogP contribution is 2.58. The van der Waals surface area contributed by atoms with Gasteiger partial charge < -0.3 is 15.3 Å². The van der Waals surface area contributed by atoms with Crippen LogP contribution in [0.4, 0.5) is 0 Å². The molecule has 0 fully saturated rings.